The molecule has 0 spiro atoms. The van der Waals surface area contributed by atoms with Gasteiger partial charge < -0.3 is 10.2 Å². The number of hydrogen-bond acceptors (Lipinski definition) is 4. The first kappa shape index (κ1) is 16.3. The summed E-state index contributed by atoms with van der Waals surface area (Å²) >= 11 is 0. The fourth-order valence-electron chi connectivity index (χ4n) is 3.31. The van der Waals surface area contributed by atoms with Crippen molar-refractivity contribution in [3.63, 3.8) is 0 Å². The van der Waals surface area contributed by atoms with Gasteiger partial charge in [-0.05, 0) is 48.6 Å². The average Bonchev–Trinajstić information content (AvgIpc) is 3.46. The second-order valence-electron chi connectivity index (χ2n) is 7.12. The molecule has 1 aliphatic carbocycles. The van der Waals surface area contributed by atoms with E-state index in [1.165, 1.54) is 31.5 Å². The summed E-state index contributed by atoms with van der Waals surface area (Å²) in [6.07, 6.45) is 4.73. The lowest BCUT2D eigenvalue weighted by Crippen LogP contribution is -2.47. The Morgan fingerprint density at radius 3 is 2.40 bits per heavy atom. The Morgan fingerprint density at radius 2 is 1.76 bits per heavy atom. The van der Waals surface area contributed by atoms with Crippen LogP contribution >= 0.6 is 0 Å². The lowest BCUT2D eigenvalue weighted by molar-refractivity contribution is 0.247. The molecule has 25 heavy (non-hydrogen) atoms. The number of nitrogens with zero attached hydrogens (tertiary/aromatic N) is 3. The van der Waals surface area contributed by atoms with Crippen LogP contribution in [0.2, 0.25) is 0 Å². The zero-order valence-corrected chi connectivity index (χ0v) is 14.5. The number of nitrogens with one attached hydrogen (secondary N) is 1. The molecule has 4 nitrogen and oxygen atoms in total. The molecule has 1 saturated carbocycles. The molecule has 2 heterocycles. The van der Waals surface area contributed by atoms with E-state index in [-0.39, 0.29) is 5.82 Å². The van der Waals surface area contributed by atoms with Crippen molar-refractivity contribution in [1.29, 1.82) is 0 Å². The molecule has 1 aliphatic heterocycles. The van der Waals surface area contributed by atoms with Crippen LogP contribution in [0.25, 0.3) is 0 Å². The van der Waals surface area contributed by atoms with E-state index in [0.29, 0.717) is 6.54 Å². The average molecular weight is 340 g/mol. The highest BCUT2D eigenvalue weighted by molar-refractivity contribution is 5.49. The van der Waals surface area contributed by atoms with Gasteiger partial charge >= 0.3 is 0 Å². The highest BCUT2D eigenvalue weighted by Gasteiger charge is 2.26. The zero-order valence-electron chi connectivity index (χ0n) is 14.5. The third-order valence-electron chi connectivity index (χ3n) is 5.07. The van der Waals surface area contributed by atoms with E-state index in [2.05, 4.69) is 32.2 Å². The first-order chi connectivity index (χ1) is 12.3. The van der Waals surface area contributed by atoms with Crippen LogP contribution in [-0.2, 0) is 6.54 Å². The Labute approximate surface area is 148 Å². The van der Waals surface area contributed by atoms with Crippen molar-refractivity contribution in [2.45, 2.75) is 19.4 Å². The maximum atomic E-state index is 12.9. The van der Waals surface area contributed by atoms with Gasteiger partial charge in [0.15, 0.2) is 0 Å². The lowest BCUT2D eigenvalue weighted by atomic mass is 10.2. The van der Waals surface area contributed by atoms with Crippen molar-refractivity contribution in [3.8, 4) is 0 Å². The van der Waals surface area contributed by atoms with E-state index in [0.717, 1.165) is 49.2 Å². The van der Waals surface area contributed by atoms with E-state index < -0.39 is 0 Å². The zero-order chi connectivity index (χ0) is 17.1. The number of pyridine rings is 1. The number of aromatic nitrogens is 1. The Balaban J connectivity index is 1.27. The molecule has 0 radical (unpaired) electrons. The number of halogens is 1. The molecule has 0 unspecified atom stereocenters. The summed E-state index contributed by atoms with van der Waals surface area (Å²) in [6.45, 7) is 6.35. The van der Waals surface area contributed by atoms with Crippen molar-refractivity contribution in [2.75, 3.05) is 42.9 Å². The molecule has 0 bridgehead atoms. The highest BCUT2D eigenvalue weighted by Crippen LogP contribution is 2.30. The molecule has 4 rings (SSSR count). The molecule has 132 valence electrons. The van der Waals surface area contributed by atoms with Gasteiger partial charge in [0.25, 0.3) is 0 Å². The van der Waals surface area contributed by atoms with Crippen LogP contribution in [0.3, 0.4) is 0 Å². The molecule has 2 fully saturated rings. The summed E-state index contributed by atoms with van der Waals surface area (Å²) in [5, 5.41) is 3.33. The maximum Gasteiger partial charge on any atom is 0.128 e. The first-order valence-electron chi connectivity index (χ1n) is 9.18. The van der Waals surface area contributed by atoms with Crippen LogP contribution in [0, 0.1) is 11.7 Å². The maximum absolute atomic E-state index is 12.9. The first-order valence-corrected chi connectivity index (χ1v) is 9.18. The molecule has 0 atom stereocenters. The van der Waals surface area contributed by atoms with E-state index in [9.17, 15) is 4.39 Å². The van der Waals surface area contributed by atoms with Crippen molar-refractivity contribution in [1.82, 2.24) is 9.88 Å². The molecule has 5 heteroatoms. The van der Waals surface area contributed by atoms with Gasteiger partial charge in [-0.2, -0.15) is 0 Å². The monoisotopic (exact) mass is 340 g/mol. The summed E-state index contributed by atoms with van der Waals surface area (Å²) < 4.78 is 12.9. The Morgan fingerprint density at radius 1 is 1.00 bits per heavy atom. The van der Waals surface area contributed by atoms with Crippen LogP contribution in [0.5, 0.6) is 0 Å². The number of piperazine rings is 1. The van der Waals surface area contributed by atoms with E-state index in [1.807, 2.05) is 6.20 Å². The number of hydrogen-bond donors (Lipinski definition) is 1. The smallest absolute Gasteiger partial charge is 0.128 e. The van der Waals surface area contributed by atoms with Crippen LogP contribution in [-0.4, -0.2) is 42.6 Å². The minimum absolute atomic E-state index is 0.202. The summed E-state index contributed by atoms with van der Waals surface area (Å²) in [4.78, 5) is 9.57. The Hall–Kier alpha value is -2.14. The van der Waals surface area contributed by atoms with Crippen LogP contribution < -0.4 is 10.2 Å². The fourth-order valence-corrected chi connectivity index (χ4v) is 3.31. The van der Waals surface area contributed by atoms with Gasteiger partial charge in [-0.15, -0.1) is 0 Å². The van der Waals surface area contributed by atoms with Crippen molar-refractivity contribution < 1.29 is 4.39 Å². The molecule has 1 N–H and O–H groups in total. The van der Waals surface area contributed by atoms with Crippen LogP contribution in [0.15, 0.2) is 42.6 Å². The molecular formula is C20H25FN4. The van der Waals surface area contributed by atoms with Crippen LogP contribution in [0.1, 0.15) is 18.4 Å². The molecular weight excluding hydrogens is 315 g/mol. The molecule has 2 aliphatic rings. The normalized spacial score (nSPS) is 18.4. The highest BCUT2D eigenvalue weighted by atomic mass is 19.1. The predicted octanol–water partition coefficient (Wildman–Crippen LogP) is 3.36. The lowest BCUT2D eigenvalue weighted by Gasteiger charge is -2.35. The Kier molecular flexibility index (Phi) is 4.83. The molecule has 1 aromatic heterocycles. The van der Waals surface area contributed by atoms with E-state index in [1.54, 1.807) is 12.1 Å². The third kappa shape index (κ3) is 4.48. The Bertz CT molecular complexity index is 674. The van der Waals surface area contributed by atoms with Gasteiger partial charge in [-0.1, -0.05) is 12.1 Å². The largest absolute Gasteiger partial charge is 0.380 e. The SMILES string of the molecule is Fc1ccc(CNc2ccc(N3CCN(CC4CC4)CC3)nc2)cc1. The number of benzene rings is 1. The minimum Gasteiger partial charge on any atom is -0.380 e. The second-order valence-corrected chi connectivity index (χ2v) is 7.12. The van der Waals surface area contributed by atoms with Crippen molar-refractivity contribution in [3.05, 3.63) is 54.0 Å². The second kappa shape index (κ2) is 7.40. The van der Waals surface area contributed by atoms with E-state index >= 15 is 0 Å². The minimum atomic E-state index is -0.202. The quantitative estimate of drug-likeness (QED) is 0.874. The molecule has 2 aromatic rings. The van der Waals surface area contributed by atoms with Gasteiger partial charge in [-0.25, -0.2) is 9.37 Å². The van der Waals surface area contributed by atoms with Gasteiger partial charge in [0.05, 0.1) is 11.9 Å². The van der Waals surface area contributed by atoms with Crippen molar-refractivity contribution in [2.24, 2.45) is 5.92 Å². The fraction of sp³-hybridized carbons (Fsp3) is 0.450. The standard InChI is InChI=1S/C20H25FN4/c21-18-5-3-16(4-6-18)13-22-19-7-8-20(23-14-19)25-11-9-24(10-12-25)15-17-1-2-17/h3-8,14,17,22H,1-2,9-13,15H2. The molecule has 1 saturated heterocycles. The van der Waals surface area contributed by atoms with Gasteiger partial charge in [0.2, 0.25) is 0 Å². The van der Waals surface area contributed by atoms with Gasteiger partial charge in [0, 0.05) is 39.3 Å². The third-order valence-corrected chi connectivity index (χ3v) is 5.07. The summed E-state index contributed by atoms with van der Waals surface area (Å²) in [5.41, 5.74) is 2.04. The summed E-state index contributed by atoms with van der Waals surface area (Å²) in [5.74, 6) is 1.82. The summed E-state index contributed by atoms with van der Waals surface area (Å²) in [7, 11) is 0. The van der Waals surface area contributed by atoms with Crippen molar-refractivity contribution >= 4 is 11.5 Å². The molecule has 0 amide bonds. The molecule has 1 aromatic carbocycles. The predicted molar refractivity (Wildman–Crippen MR) is 99.3 cm³/mol. The van der Waals surface area contributed by atoms with Crippen LogP contribution in [0.4, 0.5) is 15.9 Å². The van der Waals surface area contributed by atoms with Gasteiger partial charge in [-0.3, -0.25) is 4.90 Å². The topological polar surface area (TPSA) is 31.4 Å². The van der Waals surface area contributed by atoms with Gasteiger partial charge in [0.1, 0.15) is 11.6 Å². The summed E-state index contributed by atoms with van der Waals surface area (Å²) in [6, 6.07) is 10.7. The number of anilines is 2. The number of rotatable bonds is 6. The van der Waals surface area contributed by atoms with E-state index in [4.69, 9.17) is 0 Å².